The first-order valence-electron chi connectivity index (χ1n) is 5.52. The number of benzene rings is 1. The molecule has 0 spiro atoms. The minimum absolute atomic E-state index is 0.406. The second-order valence-electron chi connectivity index (χ2n) is 4.05. The number of carbonyl (C=O) groups is 1. The van der Waals surface area contributed by atoms with Gasteiger partial charge in [-0.2, -0.15) is 0 Å². The second-order valence-corrected chi connectivity index (χ2v) is 4.05. The molecule has 1 aromatic carbocycles. The fourth-order valence-corrected chi connectivity index (χ4v) is 2.13. The normalized spacial score (nSPS) is 10.9. The highest BCUT2D eigenvalue weighted by molar-refractivity contribution is 5.98. The molecule has 1 aromatic heterocycles. The Morgan fingerprint density at radius 1 is 1.47 bits per heavy atom. The zero-order valence-electron chi connectivity index (χ0n) is 10.1. The minimum Gasteiger partial charge on any atom is -0.383 e. The van der Waals surface area contributed by atoms with Crippen LogP contribution in [0.3, 0.4) is 0 Å². The Kier molecular flexibility index (Phi) is 3.15. The van der Waals surface area contributed by atoms with Crippen LogP contribution in [0.1, 0.15) is 16.1 Å². The fraction of sp³-hybridized carbons (Fsp3) is 0.308. The molecule has 0 bridgehead atoms. The lowest BCUT2D eigenvalue weighted by molar-refractivity contribution is 0.0989. The largest absolute Gasteiger partial charge is 0.383 e. The maximum atomic E-state index is 11.4. The van der Waals surface area contributed by atoms with Gasteiger partial charge in [0.05, 0.1) is 12.1 Å². The molecule has 1 heterocycles. The number of aromatic nitrogens is 1. The van der Waals surface area contributed by atoms with Gasteiger partial charge in [0, 0.05) is 19.0 Å². The van der Waals surface area contributed by atoms with Crippen molar-refractivity contribution in [2.75, 3.05) is 13.7 Å². The van der Waals surface area contributed by atoms with Crippen LogP contribution in [-0.4, -0.2) is 24.2 Å². The lowest BCUT2D eigenvalue weighted by Crippen LogP contribution is -2.18. The average molecular weight is 232 g/mol. The zero-order chi connectivity index (χ0) is 12.4. The third-order valence-corrected chi connectivity index (χ3v) is 2.89. The van der Waals surface area contributed by atoms with Crippen molar-refractivity contribution in [3.63, 3.8) is 0 Å². The molecule has 2 rings (SSSR count). The van der Waals surface area contributed by atoms with Crippen molar-refractivity contribution in [3.05, 3.63) is 35.5 Å². The minimum atomic E-state index is -0.406. The molecule has 0 aliphatic rings. The topological polar surface area (TPSA) is 57.2 Å². The Labute approximate surface area is 100.0 Å². The molecular weight excluding hydrogens is 216 g/mol. The second kappa shape index (κ2) is 4.59. The van der Waals surface area contributed by atoms with Crippen LogP contribution in [0.5, 0.6) is 0 Å². The van der Waals surface area contributed by atoms with Crippen molar-refractivity contribution < 1.29 is 9.53 Å². The lowest BCUT2D eigenvalue weighted by atomic mass is 10.2. The van der Waals surface area contributed by atoms with E-state index in [0.29, 0.717) is 18.8 Å². The van der Waals surface area contributed by atoms with Crippen LogP contribution >= 0.6 is 0 Å². The van der Waals surface area contributed by atoms with Crippen LogP contribution in [-0.2, 0) is 11.3 Å². The number of fused-ring (bicyclic) bond motifs is 1. The molecule has 0 aliphatic heterocycles. The van der Waals surface area contributed by atoms with Crippen molar-refractivity contribution in [2.24, 2.45) is 5.73 Å². The van der Waals surface area contributed by atoms with E-state index in [1.54, 1.807) is 7.11 Å². The lowest BCUT2D eigenvalue weighted by Gasteiger charge is -2.09. The highest BCUT2D eigenvalue weighted by atomic mass is 16.5. The van der Waals surface area contributed by atoms with Crippen LogP contribution in [0, 0.1) is 6.92 Å². The van der Waals surface area contributed by atoms with Crippen molar-refractivity contribution in [1.82, 2.24) is 4.57 Å². The predicted octanol–water partition coefficient (Wildman–Crippen LogP) is 1.70. The number of primary amides is 1. The average Bonchev–Trinajstić information content (AvgIpc) is 2.66. The van der Waals surface area contributed by atoms with Gasteiger partial charge < -0.3 is 15.0 Å². The molecule has 2 aromatic rings. The van der Waals surface area contributed by atoms with Crippen LogP contribution in [0.25, 0.3) is 10.9 Å². The van der Waals surface area contributed by atoms with E-state index in [1.165, 1.54) is 0 Å². The number of para-hydroxylation sites is 1. The number of hydrogen-bond donors (Lipinski definition) is 1. The van der Waals surface area contributed by atoms with Gasteiger partial charge in [-0.1, -0.05) is 18.2 Å². The SMILES string of the molecule is COCCn1c(C(N)=O)cc2cccc(C)c21. The molecular formula is C13H16N2O2. The Morgan fingerprint density at radius 2 is 2.24 bits per heavy atom. The Bertz CT molecular complexity index is 558. The van der Waals surface area contributed by atoms with Gasteiger partial charge in [-0.25, -0.2) is 0 Å². The van der Waals surface area contributed by atoms with Gasteiger partial charge in [0.15, 0.2) is 0 Å². The number of nitrogens with two attached hydrogens (primary N) is 1. The summed E-state index contributed by atoms with van der Waals surface area (Å²) >= 11 is 0. The number of aryl methyl sites for hydroxylation is 1. The first-order valence-corrected chi connectivity index (χ1v) is 5.52. The van der Waals surface area contributed by atoms with E-state index in [4.69, 9.17) is 10.5 Å². The number of nitrogens with zero attached hydrogens (tertiary/aromatic N) is 1. The molecule has 2 N–H and O–H groups in total. The number of hydrogen-bond acceptors (Lipinski definition) is 2. The summed E-state index contributed by atoms with van der Waals surface area (Å²) in [5.74, 6) is -0.406. The van der Waals surface area contributed by atoms with E-state index in [2.05, 4.69) is 0 Å². The van der Waals surface area contributed by atoms with Gasteiger partial charge in [-0.3, -0.25) is 4.79 Å². The fourth-order valence-electron chi connectivity index (χ4n) is 2.13. The predicted molar refractivity (Wildman–Crippen MR) is 67.1 cm³/mol. The number of methoxy groups -OCH3 is 1. The van der Waals surface area contributed by atoms with Crippen molar-refractivity contribution in [1.29, 1.82) is 0 Å². The maximum Gasteiger partial charge on any atom is 0.265 e. The molecule has 4 nitrogen and oxygen atoms in total. The first kappa shape index (κ1) is 11.7. The van der Waals surface area contributed by atoms with E-state index in [1.807, 2.05) is 35.8 Å². The molecule has 0 atom stereocenters. The molecule has 4 heteroatoms. The highest BCUT2D eigenvalue weighted by Gasteiger charge is 2.13. The Balaban J connectivity index is 2.64. The van der Waals surface area contributed by atoms with Gasteiger partial charge >= 0.3 is 0 Å². The molecule has 0 fully saturated rings. The molecule has 0 saturated heterocycles. The summed E-state index contributed by atoms with van der Waals surface area (Å²) in [6, 6.07) is 7.82. The van der Waals surface area contributed by atoms with Crippen LogP contribution < -0.4 is 5.73 Å². The van der Waals surface area contributed by atoms with E-state index in [0.717, 1.165) is 16.5 Å². The van der Waals surface area contributed by atoms with Crippen LogP contribution in [0.15, 0.2) is 24.3 Å². The molecule has 0 saturated carbocycles. The smallest absolute Gasteiger partial charge is 0.265 e. The Hall–Kier alpha value is -1.81. The zero-order valence-corrected chi connectivity index (χ0v) is 10.1. The third kappa shape index (κ3) is 2.03. The van der Waals surface area contributed by atoms with Gasteiger partial charge in [-0.15, -0.1) is 0 Å². The molecule has 1 amide bonds. The summed E-state index contributed by atoms with van der Waals surface area (Å²) in [5.41, 5.74) is 8.12. The maximum absolute atomic E-state index is 11.4. The standard InChI is InChI=1S/C13H16N2O2/c1-9-4-3-5-10-8-11(13(14)16)15(12(9)10)6-7-17-2/h3-5,8H,6-7H2,1-2H3,(H2,14,16). The molecule has 0 radical (unpaired) electrons. The summed E-state index contributed by atoms with van der Waals surface area (Å²) in [4.78, 5) is 11.4. The molecule has 0 unspecified atom stereocenters. The first-order chi connectivity index (χ1) is 8.15. The number of carbonyl (C=O) groups excluding carboxylic acids is 1. The summed E-state index contributed by atoms with van der Waals surface area (Å²) in [6.07, 6.45) is 0. The molecule has 17 heavy (non-hydrogen) atoms. The molecule has 90 valence electrons. The van der Waals surface area contributed by atoms with Crippen molar-refractivity contribution in [3.8, 4) is 0 Å². The van der Waals surface area contributed by atoms with E-state index < -0.39 is 5.91 Å². The van der Waals surface area contributed by atoms with Gasteiger partial charge in [0.25, 0.3) is 5.91 Å². The number of rotatable bonds is 4. The third-order valence-electron chi connectivity index (χ3n) is 2.89. The molecule has 0 aliphatic carbocycles. The van der Waals surface area contributed by atoms with E-state index >= 15 is 0 Å². The van der Waals surface area contributed by atoms with E-state index in [-0.39, 0.29) is 0 Å². The summed E-state index contributed by atoms with van der Waals surface area (Å²) in [6.45, 7) is 3.21. The van der Waals surface area contributed by atoms with Crippen molar-refractivity contribution in [2.45, 2.75) is 13.5 Å². The highest BCUT2D eigenvalue weighted by Crippen LogP contribution is 2.23. The van der Waals surface area contributed by atoms with E-state index in [9.17, 15) is 4.79 Å². The monoisotopic (exact) mass is 232 g/mol. The number of ether oxygens (including phenoxy) is 1. The summed E-state index contributed by atoms with van der Waals surface area (Å²) in [5, 5.41) is 1.04. The van der Waals surface area contributed by atoms with Crippen molar-refractivity contribution >= 4 is 16.8 Å². The van der Waals surface area contributed by atoms with Crippen LogP contribution in [0.2, 0.25) is 0 Å². The quantitative estimate of drug-likeness (QED) is 0.872. The van der Waals surface area contributed by atoms with Gasteiger partial charge in [-0.05, 0) is 18.6 Å². The van der Waals surface area contributed by atoms with Gasteiger partial charge in [0.2, 0.25) is 0 Å². The Morgan fingerprint density at radius 3 is 2.88 bits per heavy atom. The van der Waals surface area contributed by atoms with Gasteiger partial charge in [0.1, 0.15) is 5.69 Å². The number of amides is 1. The summed E-state index contributed by atoms with van der Waals surface area (Å²) < 4.78 is 6.99. The summed E-state index contributed by atoms with van der Waals surface area (Å²) in [7, 11) is 1.64. The van der Waals surface area contributed by atoms with Crippen LogP contribution in [0.4, 0.5) is 0 Å².